The molecular formula is C14H18ClNO3. The maximum Gasteiger partial charge on any atom is 0.319 e. The van der Waals surface area contributed by atoms with Crippen LogP contribution in [0.2, 0.25) is 5.02 Å². The molecule has 0 saturated heterocycles. The topological polar surface area (TPSA) is 38.8 Å². The molecule has 104 valence electrons. The van der Waals surface area contributed by atoms with Gasteiger partial charge in [-0.05, 0) is 24.2 Å². The summed E-state index contributed by atoms with van der Waals surface area (Å²) < 4.78 is 10.4. The van der Waals surface area contributed by atoms with E-state index in [1.165, 1.54) is 7.11 Å². The summed E-state index contributed by atoms with van der Waals surface area (Å²) in [6.07, 6.45) is 0.895. The van der Waals surface area contributed by atoms with Gasteiger partial charge in [-0.25, -0.2) is 0 Å². The number of fused-ring (bicyclic) bond motifs is 1. The summed E-state index contributed by atoms with van der Waals surface area (Å²) >= 11 is 6.12. The number of hydrogen-bond acceptors (Lipinski definition) is 4. The van der Waals surface area contributed by atoms with Crippen molar-refractivity contribution in [2.45, 2.75) is 19.9 Å². The number of methoxy groups -OCH3 is 1. The van der Waals surface area contributed by atoms with Crippen LogP contribution in [-0.2, 0) is 22.5 Å². The molecule has 0 spiro atoms. The Morgan fingerprint density at radius 3 is 3.00 bits per heavy atom. The van der Waals surface area contributed by atoms with Crippen molar-refractivity contribution in [1.29, 1.82) is 0 Å². The molecule has 0 aromatic heterocycles. The van der Waals surface area contributed by atoms with Crippen LogP contribution in [0.25, 0.3) is 0 Å². The van der Waals surface area contributed by atoms with E-state index in [1.807, 2.05) is 24.0 Å². The van der Waals surface area contributed by atoms with Gasteiger partial charge in [-0.1, -0.05) is 18.5 Å². The quantitative estimate of drug-likeness (QED) is 0.777. The van der Waals surface area contributed by atoms with Crippen LogP contribution < -0.4 is 4.74 Å². The zero-order valence-electron chi connectivity index (χ0n) is 11.2. The standard InChI is InChI=1S/C14H18ClNO3/c1-3-16(9-13(17)18-2)8-11-7-12(15)6-10-4-5-19-14(10)11/h6-7H,3-5,8-9H2,1-2H3. The number of ether oxygens (including phenoxy) is 2. The van der Waals surface area contributed by atoms with E-state index < -0.39 is 0 Å². The number of hydrogen-bond donors (Lipinski definition) is 0. The molecule has 1 heterocycles. The predicted octanol–water partition coefficient (Wildman–Crippen LogP) is 2.27. The minimum absolute atomic E-state index is 0.235. The van der Waals surface area contributed by atoms with Gasteiger partial charge in [0.1, 0.15) is 5.75 Å². The molecule has 1 aliphatic rings. The summed E-state index contributed by atoms with van der Waals surface area (Å²) in [5.74, 6) is 0.689. The fraction of sp³-hybridized carbons (Fsp3) is 0.500. The normalized spacial score (nSPS) is 13.3. The van der Waals surface area contributed by atoms with Crippen LogP contribution in [0.15, 0.2) is 12.1 Å². The molecule has 1 aromatic rings. The second-order valence-corrected chi connectivity index (χ2v) is 4.97. The van der Waals surface area contributed by atoms with Gasteiger partial charge in [-0.3, -0.25) is 9.69 Å². The molecule has 1 aromatic carbocycles. The average molecular weight is 284 g/mol. The SMILES string of the molecule is CCN(CC(=O)OC)Cc1cc(Cl)cc2c1OCC2. The van der Waals surface area contributed by atoms with Crippen LogP contribution in [0.4, 0.5) is 0 Å². The van der Waals surface area contributed by atoms with Gasteiger partial charge in [0, 0.05) is 23.6 Å². The van der Waals surface area contributed by atoms with Crippen LogP contribution in [0.5, 0.6) is 5.75 Å². The van der Waals surface area contributed by atoms with Crippen molar-refractivity contribution in [1.82, 2.24) is 4.90 Å². The lowest BCUT2D eigenvalue weighted by molar-refractivity contribution is -0.142. The van der Waals surface area contributed by atoms with Gasteiger partial charge >= 0.3 is 5.97 Å². The Balaban J connectivity index is 2.15. The van der Waals surface area contributed by atoms with Crippen molar-refractivity contribution in [3.63, 3.8) is 0 Å². The number of nitrogens with zero attached hydrogens (tertiary/aromatic N) is 1. The lowest BCUT2D eigenvalue weighted by Crippen LogP contribution is -2.30. The van der Waals surface area contributed by atoms with Gasteiger partial charge in [-0.15, -0.1) is 0 Å². The molecule has 1 aliphatic heterocycles. The lowest BCUT2D eigenvalue weighted by Gasteiger charge is -2.20. The van der Waals surface area contributed by atoms with Gasteiger partial charge in [0.25, 0.3) is 0 Å². The van der Waals surface area contributed by atoms with Crippen LogP contribution in [0, 0.1) is 0 Å². The van der Waals surface area contributed by atoms with Crippen molar-refractivity contribution in [2.24, 2.45) is 0 Å². The Morgan fingerprint density at radius 2 is 2.32 bits per heavy atom. The number of benzene rings is 1. The van der Waals surface area contributed by atoms with Gasteiger partial charge in [0.15, 0.2) is 0 Å². The molecule has 0 aliphatic carbocycles. The third kappa shape index (κ3) is 3.39. The molecular weight excluding hydrogens is 266 g/mol. The first kappa shape index (κ1) is 14.2. The molecule has 19 heavy (non-hydrogen) atoms. The Labute approximate surface area is 118 Å². The van der Waals surface area contributed by atoms with Gasteiger partial charge in [0.05, 0.1) is 20.3 Å². The largest absolute Gasteiger partial charge is 0.493 e. The predicted molar refractivity (Wildman–Crippen MR) is 73.6 cm³/mol. The fourth-order valence-electron chi connectivity index (χ4n) is 2.23. The monoisotopic (exact) mass is 283 g/mol. The van der Waals surface area contributed by atoms with E-state index in [2.05, 4.69) is 0 Å². The van der Waals surface area contributed by atoms with E-state index in [9.17, 15) is 4.79 Å². The van der Waals surface area contributed by atoms with E-state index in [-0.39, 0.29) is 12.5 Å². The smallest absolute Gasteiger partial charge is 0.319 e. The zero-order valence-corrected chi connectivity index (χ0v) is 12.0. The molecule has 0 atom stereocenters. The third-order valence-electron chi connectivity index (χ3n) is 3.25. The minimum atomic E-state index is -0.235. The summed E-state index contributed by atoms with van der Waals surface area (Å²) in [4.78, 5) is 13.4. The summed E-state index contributed by atoms with van der Waals surface area (Å²) in [6, 6.07) is 3.86. The second kappa shape index (κ2) is 6.26. The highest BCUT2D eigenvalue weighted by Crippen LogP contribution is 2.33. The van der Waals surface area contributed by atoms with Crippen molar-refractivity contribution >= 4 is 17.6 Å². The molecule has 0 bridgehead atoms. The molecule has 5 heteroatoms. The van der Waals surface area contributed by atoms with Crippen LogP contribution >= 0.6 is 11.6 Å². The van der Waals surface area contributed by atoms with Crippen LogP contribution in [-0.4, -0.2) is 37.7 Å². The number of halogens is 1. The maximum atomic E-state index is 11.4. The highest BCUT2D eigenvalue weighted by atomic mass is 35.5. The molecule has 0 radical (unpaired) electrons. The van der Waals surface area contributed by atoms with Crippen LogP contribution in [0.3, 0.4) is 0 Å². The summed E-state index contributed by atoms with van der Waals surface area (Å²) in [7, 11) is 1.40. The molecule has 2 rings (SSSR count). The summed E-state index contributed by atoms with van der Waals surface area (Å²) in [5.41, 5.74) is 2.18. The molecule has 0 N–H and O–H groups in total. The van der Waals surface area contributed by atoms with Gasteiger partial charge < -0.3 is 9.47 Å². The lowest BCUT2D eigenvalue weighted by atomic mass is 10.1. The van der Waals surface area contributed by atoms with E-state index in [4.69, 9.17) is 21.1 Å². The highest BCUT2D eigenvalue weighted by Gasteiger charge is 2.19. The third-order valence-corrected chi connectivity index (χ3v) is 3.47. The number of rotatable bonds is 5. The average Bonchev–Trinajstić information content (AvgIpc) is 2.85. The van der Waals surface area contributed by atoms with E-state index in [1.54, 1.807) is 0 Å². The number of carbonyl (C=O) groups is 1. The fourth-order valence-corrected chi connectivity index (χ4v) is 2.49. The molecule has 4 nitrogen and oxygen atoms in total. The number of carbonyl (C=O) groups excluding carboxylic acids is 1. The van der Waals surface area contributed by atoms with Crippen LogP contribution in [0.1, 0.15) is 18.1 Å². The first-order chi connectivity index (χ1) is 9.13. The van der Waals surface area contributed by atoms with Crippen molar-refractivity contribution < 1.29 is 14.3 Å². The van der Waals surface area contributed by atoms with E-state index >= 15 is 0 Å². The Kier molecular flexibility index (Phi) is 4.66. The maximum absolute atomic E-state index is 11.4. The number of likely N-dealkylation sites (N-methyl/N-ethyl adjacent to an activating group) is 1. The van der Waals surface area contributed by atoms with Gasteiger partial charge in [0.2, 0.25) is 0 Å². The molecule has 0 unspecified atom stereocenters. The van der Waals surface area contributed by atoms with Crippen molar-refractivity contribution in [2.75, 3.05) is 26.8 Å². The van der Waals surface area contributed by atoms with Crippen molar-refractivity contribution in [3.05, 3.63) is 28.3 Å². The second-order valence-electron chi connectivity index (χ2n) is 4.53. The zero-order chi connectivity index (χ0) is 13.8. The van der Waals surface area contributed by atoms with Crippen molar-refractivity contribution in [3.8, 4) is 5.75 Å². The Morgan fingerprint density at radius 1 is 1.53 bits per heavy atom. The Bertz CT molecular complexity index is 476. The Hall–Kier alpha value is -1.26. The number of esters is 1. The first-order valence-corrected chi connectivity index (χ1v) is 6.75. The molecule has 0 fully saturated rings. The molecule has 0 saturated carbocycles. The highest BCUT2D eigenvalue weighted by molar-refractivity contribution is 6.30. The van der Waals surface area contributed by atoms with Gasteiger partial charge in [-0.2, -0.15) is 0 Å². The van der Waals surface area contributed by atoms with E-state index in [0.717, 1.165) is 29.8 Å². The summed E-state index contributed by atoms with van der Waals surface area (Å²) in [5, 5.41) is 0.716. The summed E-state index contributed by atoms with van der Waals surface area (Å²) in [6.45, 7) is 4.37. The minimum Gasteiger partial charge on any atom is -0.493 e. The first-order valence-electron chi connectivity index (χ1n) is 6.37. The van der Waals surface area contributed by atoms with E-state index in [0.29, 0.717) is 18.2 Å². The molecule has 0 amide bonds.